The van der Waals surface area contributed by atoms with Gasteiger partial charge < -0.3 is 9.47 Å². The van der Waals surface area contributed by atoms with Crippen molar-refractivity contribution in [2.45, 2.75) is 25.0 Å². The van der Waals surface area contributed by atoms with Crippen LogP contribution in [-0.2, 0) is 4.74 Å². The third-order valence-corrected chi connectivity index (χ3v) is 5.58. The van der Waals surface area contributed by atoms with E-state index in [9.17, 15) is 4.79 Å². The molecule has 0 aliphatic carbocycles. The van der Waals surface area contributed by atoms with Crippen LogP contribution in [0.2, 0.25) is 0 Å². The second-order valence-corrected chi connectivity index (χ2v) is 6.73. The zero-order valence-corrected chi connectivity index (χ0v) is 13.6. The third kappa shape index (κ3) is 1.75. The number of nitrogens with zero attached hydrogens (tertiary/aromatic N) is 1. The maximum absolute atomic E-state index is 13.1. The summed E-state index contributed by atoms with van der Waals surface area (Å²) in [7, 11) is 1.66. The molecule has 4 nitrogen and oxygen atoms in total. The minimum Gasteiger partial charge on any atom is -0.497 e. The molecule has 4 heteroatoms. The maximum Gasteiger partial charge on any atom is 0.259 e. The molecule has 2 aromatic rings. The van der Waals surface area contributed by atoms with Gasteiger partial charge in [0.15, 0.2) is 0 Å². The van der Waals surface area contributed by atoms with Gasteiger partial charge in [0.2, 0.25) is 0 Å². The Balaban J connectivity index is 1.75. The highest BCUT2D eigenvalue weighted by Gasteiger charge is 2.50. The Morgan fingerprint density at radius 3 is 2.92 bits per heavy atom. The van der Waals surface area contributed by atoms with Gasteiger partial charge in [-0.2, -0.15) is 0 Å². The average Bonchev–Trinajstić information content (AvgIpc) is 2.95. The van der Waals surface area contributed by atoms with Crippen LogP contribution in [0.25, 0.3) is 0 Å². The van der Waals surface area contributed by atoms with Crippen molar-refractivity contribution in [3.8, 4) is 5.75 Å². The van der Waals surface area contributed by atoms with Crippen molar-refractivity contribution >= 4 is 11.6 Å². The van der Waals surface area contributed by atoms with Gasteiger partial charge in [-0.1, -0.05) is 24.3 Å². The van der Waals surface area contributed by atoms with E-state index in [-0.39, 0.29) is 18.1 Å². The summed E-state index contributed by atoms with van der Waals surface area (Å²) < 4.78 is 11.6. The molecule has 122 valence electrons. The summed E-state index contributed by atoms with van der Waals surface area (Å²) >= 11 is 0. The van der Waals surface area contributed by atoms with Crippen LogP contribution in [0.3, 0.4) is 0 Å². The Kier molecular flexibility index (Phi) is 2.98. The molecule has 1 amide bonds. The molecule has 0 spiro atoms. The molecule has 3 aliphatic rings. The number of methoxy groups -OCH3 is 1. The predicted octanol–water partition coefficient (Wildman–Crippen LogP) is 3.88. The van der Waals surface area contributed by atoms with Gasteiger partial charge in [-0.15, -0.1) is 0 Å². The third-order valence-electron chi connectivity index (χ3n) is 5.58. The number of hydrogen-bond donors (Lipinski definition) is 0. The van der Waals surface area contributed by atoms with Crippen LogP contribution in [0.15, 0.2) is 42.5 Å². The lowest BCUT2D eigenvalue weighted by Crippen LogP contribution is -2.42. The largest absolute Gasteiger partial charge is 0.497 e. The van der Waals surface area contributed by atoms with Crippen LogP contribution in [0.5, 0.6) is 5.75 Å². The topological polar surface area (TPSA) is 38.8 Å². The summed E-state index contributed by atoms with van der Waals surface area (Å²) in [5.74, 6) is 1.17. The number of amides is 1. The second kappa shape index (κ2) is 5.08. The highest BCUT2D eigenvalue weighted by Crippen LogP contribution is 2.56. The molecule has 0 unspecified atom stereocenters. The smallest absolute Gasteiger partial charge is 0.259 e. The van der Waals surface area contributed by atoms with Crippen LogP contribution in [0, 0.1) is 5.92 Å². The number of carbonyl (C=O) groups is 1. The van der Waals surface area contributed by atoms with E-state index in [0.29, 0.717) is 5.92 Å². The number of anilines is 1. The standard InChI is InChI=1S/C20H19NO3/c1-23-12-8-9-15-17(11-12)21-18(16-7-4-10-24-19(15)16)13-5-2-3-6-14(13)20(21)22/h2-3,5-6,8-9,11,16,18-19H,4,7,10H2,1H3/t16-,18-,19+/m1/s1. The Morgan fingerprint density at radius 1 is 1.17 bits per heavy atom. The SMILES string of the molecule is COc1ccc2c(c1)N1C(=O)c3ccccc3[C@@H]1[C@H]1CCCO[C@@H]21. The number of hydrogen-bond acceptors (Lipinski definition) is 3. The van der Waals surface area contributed by atoms with E-state index in [4.69, 9.17) is 9.47 Å². The molecule has 0 N–H and O–H groups in total. The highest BCUT2D eigenvalue weighted by atomic mass is 16.5. The molecule has 0 bridgehead atoms. The van der Waals surface area contributed by atoms with Gasteiger partial charge in [-0.25, -0.2) is 0 Å². The number of fused-ring (bicyclic) bond motifs is 8. The van der Waals surface area contributed by atoms with Crippen molar-refractivity contribution in [3.63, 3.8) is 0 Å². The molecular weight excluding hydrogens is 302 g/mol. The predicted molar refractivity (Wildman–Crippen MR) is 90.4 cm³/mol. The first-order valence-electron chi connectivity index (χ1n) is 8.51. The molecule has 3 atom stereocenters. The van der Waals surface area contributed by atoms with Crippen molar-refractivity contribution in [1.29, 1.82) is 0 Å². The van der Waals surface area contributed by atoms with Gasteiger partial charge in [0.25, 0.3) is 5.91 Å². The van der Waals surface area contributed by atoms with Crippen LogP contribution in [0.4, 0.5) is 5.69 Å². The summed E-state index contributed by atoms with van der Waals surface area (Å²) in [6.07, 6.45) is 2.19. The van der Waals surface area contributed by atoms with Crippen molar-refractivity contribution in [2.75, 3.05) is 18.6 Å². The highest BCUT2D eigenvalue weighted by molar-refractivity contribution is 6.12. The Labute approximate surface area is 141 Å². The molecule has 0 saturated carbocycles. The van der Waals surface area contributed by atoms with Gasteiger partial charge >= 0.3 is 0 Å². The van der Waals surface area contributed by atoms with E-state index < -0.39 is 0 Å². The number of benzene rings is 2. The molecule has 0 aromatic heterocycles. The van der Waals surface area contributed by atoms with Crippen LogP contribution in [-0.4, -0.2) is 19.6 Å². The van der Waals surface area contributed by atoms with E-state index in [1.807, 2.05) is 35.2 Å². The van der Waals surface area contributed by atoms with Crippen molar-refractivity contribution in [1.82, 2.24) is 0 Å². The molecule has 3 aliphatic heterocycles. The average molecular weight is 321 g/mol. The quantitative estimate of drug-likeness (QED) is 0.800. The van der Waals surface area contributed by atoms with Gasteiger partial charge in [-0.05, 0) is 30.5 Å². The van der Waals surface area contributed by atoms with Crippen molar-refractivity contribution < 1.29 is 14.3 Å². The lowest BCUT2D eigenvalue weighted by Gasteiger charge is -2.45. The summed E-state index contributed by atoms with van der Waals surface area (Å²) in [6.45, 7) is 0.787. The van der Waals surface area contributed by atoms with Crippen LogP contribution in [0.1, 0.15) is 46.5 Å². The normalized spacial score (nSPS) is 27.1. The second-order valence-electron chi connectivity index (χ2n) is 6.73. The molecular formula is C20H19NO3. The first-order valence-corrected chi connectivity index (χ1v) is 8.51. The Bertz CT molecular complexity index is 831. The molecule has 3 heterocycles. The number of rotatable bonds is 1. The lowest BCUT2D eigenvalue weighted by molar-refractivity contribution is -0.0410. The fourth-order valence-corrected chi connectivity index (χ4v) is 4.57. The van der Waals surface area contributed by atoms with E-state index in [2.05, 4.69) is 12.1 Å². The van der Waals surface area contributed by atoms with Crippen molar-refractivity contribution in [2.24, 2.45) is 5.92 Å². The summed E-state index contributed by atoms with van der Waals surface area (Å²) in [5.41, 5.74) is 4.00. The molecule has 5 rings (SSSR count). The molecule has 0 radical (unpaired) electrons. The molecule has 1 fully saturated rings. The van der Waals surface area contributed by atoms with Crippen LogP contribution < -0.4 is 9.64 Å². The first kappa shape index (κ1) is 14.1. The van der Waals surface area contributed by atoms with Gasteiger partial charge in [0, 0.05) is 29.7 Å². The zero-order chi connectivity index (χ0) is 16.3. The van der Waals surface area contributed by atoms with E-state index in [1.165, 1.54) is 0 Å². The van der Waals surface area contributed by atoms with E-state index in [0.717, 1.165) is 47.6 Å². The molecule has 2 aromatic carbocycles. The van der Waals surface area contributed by atoms with Gasteiger partial charge in [0.1, 0.15) is 5.75 Å². The minimum absolute atomic E-state index is 0.0554. The summed E-state index contributed by atoms with van der Waals surface area (Å²) in [4.78, 5) is 15.1. The summed E-state index contributed by atoms with van der Waals surface area (Å²) in [5, 5.41) is 0. The molecule has 1 saturated heterocycles. The van der Waals surface area contributed by atoms with Crippen molar-refractivity contribution in [3.05, 3.63) is 59.2 Å². The first-order chi connectivity index (χ1) is 11.8. The Hall–Kier alpha value is -2.33. The monoisotopic (exact) mass is 321 g/mol. The molecule has 24 heavy (non-hydrogen) atoms. The maximum atomic E-state index is 13.1. The van der Waals surface area contributed by atoms with Gasteiger partial charge in [0.05, 0.1) is 24.9 Å². The Morgan fingerprint density at radius 2 is 2.04 bits per heavy atom. The van der Waals surface area contributed by atoms with E-state index >= 15 is 0 Å². The minimum atomic E-state index is 0.0554. The lowest BCUT2D eigenvalue weighted by atomic mass is 9.77. The number of carbonyl (C=O) groups excluding carboxylic acids is 1. The van der Waals surface area contributed by atoms with Gasteiger partial charge in [-0.3, -0.25) is 9.69 Å². The summed E-state index contributed by atoms with van der Waals surface area (Å²) in [6, 6.07) is 14.1. The van der Waals surface area contributed by atoms with E-state index in [1.54, 1.807) is 7.11 Å². The van der Waals surface area contributed by atoms with Crippen LogP contribution >= 0.6 is 0 Å². The zero-order valence-electron chi connectivity index (χ0n) is 13.6. The number of ether oxygens (including phenoxy) is 2. The fraction of sp³-hybridized carbons (Fsp3) is 0.350. The fourth-order valence-electron chi connectivity index (χ4n) is 4.57.